The Labute approximate surface area is 142 Å². The lowest BCUT2D eigenvalue weighted by Gasteiger charge is -2.05. The van der Waals surface area contributed by atoms with Crippen LogP contribution in [0.4, 0.5) is 5.69 Å². The molecule has 0 aliphatic carbocycles. The van der Waals surface area contributed by atoms with Crippen LogP contribution in [0.1, 0.15) is 25.7 Å². The Bertz CT molecular complexity index is 867. The van der Waals surface area contributed by atoms with E-state index in [1.165, 1.54) is 18.4 Å². The predicted octanol–water partition coefficient (Wildman–Crippen LogP) is 3.28. The van der Waals surface area contributed by atoms with Gasteiger partial charge in [-0.25, -0.2) is 9.78 Å². The first-order chi connectivity index (χ1) is 11.6. The third-order valence-electron chi connectivity index (χ3n) is 3.38. The zero-order valence-corrected chi connectivity index (χ0v) is 14.0. The number of nitrogens with one attached hydrogen (secondary N) is 1. The summed E-state index contributed by atoms with van der Waals surface area (Å²) in [5.74, 6) is -0.642. The normalized spacial score (nSPS) is 10.4. The molecule has 0 saturated heterocycles. The Morgan fingerprint density at radius 1 is 1.17 bits per heavy atom. The third kappa shape index (κ3) is 3.21. The van der Waals surface area contributed by atoms with Crippen molar-refractivity contribution in [1.82, 2.24) is 9.55 Å². The van der Waals surface area contributed by atoms with Gasteiger partial charge in [0.2, 0.25) is 0 Å². The molecular formula is C17H15N3O3S. The van der Waals surface area contributed by atoms with Crippen molar-refractivity contribution in [3.05, 3.63) is 64.9 Å². The van der Waals surface area contributed by atoms with Gasteiger partial charge in [0.05, 0.1) is 18.4 Å². The number of nitrogens with zero attached hydrogens (tertiary/aromatic N) is 2. The van der Waals surface area contributed by atoms with Gasteiger partial charge in [0, 0.05) is 18.1 Å². The van der Waals surface area contributed by atoms with Gasteiger partial charge in [-0.2, -0.15) is 0 Å². The zero-order chi connectivity index (χ0) is 17.1. The molecule has 3 aromatic rings. The summed E-state index contributed by atoms with van der Waals surface area (Å²) in [5, 5.41) is 3.55. The molecule has 0 saturated carbocycles. The highest BCUT2D eigenvalue weighted by atomic mass is 32.1. The lowest BCUT2D eigenvalue weighted by Crippen LogP contribution is -2.11. The monoisotopic (exact) mass is 341 g/mol. The Hall–Kier alpha value is -2.93. The molecular weight excluding hydrogens is 326 g/mol. The Balaban J connectivity index is 1.77. The van der Waals surface area contributed by atoms with Crippen LogP contribution in [0.3, 0.4) is 0 Å². The molecule has 2 heterocycles. The summed E-state index contributed by atoms with van der Waals surface area (Å²) in [5.41, 5.74) is 1.70. The number of rotatable bonds is 4. The van der Waals surface area contributed by atoms with Gasteiger partial charge in [-0.05, 0) is 43.3 Å². The molecule has 2 aromatic heterocycles. The second-order valence-corrected chi connectivity index (χ2v) is 6.00. The van der Waals surface area contributed by atoms with E-state index in [1.54, 1.807) is 31.2 Å². The first kappa shape index (κ1) is 15.9. The Kier molecular flexibility index (Phi) is 4.43. The van der Waals surface area contributed by atoms with Gasteiger partial charge in [-0.3, -0.25) is 4.79 Å². The summed E-state index contributed by atoms with van der Waals surface area (Å²) in [7, 11) is 1.33. The lowest BCUT2D eigenvalue weighted by molar-refractivity contribution is 0.0600. The van der Waals surface area contributed by atoms with Gasteiger partial charge in [0.15, 0.2) is 5.13 Å². The Morgan fingerprint density at radius 2 is 1.83 bits per heavy atom. The van der Waals surface area contributed by atoms with Crippen LogP contribution in [0.5, 0.6) is 0 Å². The molecule has 0 bridgehead atoms. The van der Waals surface area contributed by atoms with Crippen molar-refractivity contribution in [3.8, 4) is 5.13 Å². The summed E-state index contributed by atoms with van der Waals surface area (Å²) in [6.07, 6.45) is 3.76. The fourth-order valence-electron chi connectivity index (χ4n) is 2.16. The number of methoxy groups -OCH3 is 1. The van der Waals surface area contributed by atoms with Gasteiger partial charge >= 0.3 is 5.97 Å². The molecule has 0 radical (unpaired) electrons. The van der Waals surface area contributed by atoms with Gasteiger partial charge in [-0.1, -0.05) is 11.3 Å². The van der Waals surface area contributed by atoms with E-state index in [2.05, 4.69) is 15.0 Å². The first-order valence-electron chi connectivity index (χ1n) is 7.19. The van der Waals surface area contributed by atoms with Gasteiger partial charge in [-0.15, -0.1) is 0 Å². The van der Waals surface area contributed by atoms with Crippen LogP contribution in [-0.4, -0.2) is 28.5 Å². The summed E-state index contributed by atoms with van der Waals surface area (Å²) in [6.45, 7) is 1.80. The maximum Gasteiger partial charge on any atom is 0.337 e. The molecule has 0 atom stereocenters. The summed E-state index contributed by atoms with van der Waals surface area (Å²) in [6, 6.07) is 10.3. The van der Waals surface area contributed by atoms with Crippen molar-refractivity contribution in [3.63, 3.8) is 0 Å². The van der Waals surface area contributed by atoms with E-state index in [4.69, 9.17) is 0 Å². The minimum absolute atomic E-state index is 0.228. The van der Waals surface area contributed by atoms with Crippen molar-refractivity contribution in [2.24, 2.45) is 0 Å². The number of ether oxygens (including phenoxy) is 1. The molecule has 1 N–H and O–H groups in total. The number of benzene rings is 1. The fourth-order valence-corrected chi connectivity index (χ4v) is 3.09. The maximum absolute atomic E-state index is 12.5. The Morgan fingerprint density at radius 3 is 2.46 bits per heavy atom. The highest BCUT2D eigenvalue weighted by molar-refractivity contribution is 7.16. The maximum atomic E-state index is 12.5. The van der Waals surface area contributed by atoms with Gasteiger partial charge in [0.25, 0.3) is 5.91 Å². The molecule has 0 fully saturated rings. The number of hydrogen-bond donors (Lipinski definition) is 1. The average Bonchev–Trinajstić information content (AvgIpc) is 3.24. The highest BCUT2D eigenvalue weighted by Crippen LogP contribution is 2.23. The fraction of sp³-hybridized carbons (Fsp3) is 0.118. The minimum Gasteiger partial charge on any atom is -0.465 e. The highest BCUT2D eigenvalue weighted by Gasteiger charge is 2.16. The molecule has 24 heavy (non-hydrogen) atoms. The molecule has 0 aliphatic heterocycles. The minimum atomic E-state index is -0.414. The number of amides is 1. The van der Waals surface area contributed by atoms with Crippen LogP contribution in [0, 0.1) is 6.92 Å². The topological polar surface area (TPSA) is 73.2 Å². The SMILES string of the molecule is COC(=O)c1ccc(NC(=O)c2sc(-n3cccc3)nc2C)cc1. The quantitative estimate of drug-likeness (QED) is 0.739. The molecule has 0 unspecified atom stereocenters. The molecule has 3 rings (SSSR count). The number of anilines is 1. The van der Waals surface area contributed by atoms with E-state index >= 15 is 0 Å². The second kappa shape index (κ2) is 6.67. The molecule has 1 aromatic carbocycles. The number of aryl methyl sites for hydroxylation is 1. The zero-order valence-electron chi connectivity index (χ0n) is 13.1. The van der Waals surface area contributed by atoms with Crippen molar-refractivity contribution >= 4 is 28.9 Å². The van der Waals surface area contributed by atoms with E-state index < -0.39 is 5.97 Å². The second-order valence-electron chi connectivity index (χ2n) is 5.02. The van der Waals surface area contributed by atoms with Gasteiger partial charge < -0.3 is 14.6 Å². The van der Waals surface area contributed by atoms with Crippen molar-refractivity contribution in [1.29, 1.82) is 0 Å². The van der Waals surface area contributed by atoms with E-state index in [9.17, 15) is 9.59 Å². The lowest BCUT2D eigenvalue weighted by atomic mass is 10.2. The molecule has 122 valence electrons. The third-order valence-corrected chi connectivity index (χ3v) is 4.55. The standard InChI is InChI=1S/C17H15N3O3S/c1-11-14(24-17(18-11)20-9-3-4-10-20)15(21)19-13-7-5-12(6-8-13)16(22)23-2/h3-10H,1-2H3,(H,19,21). The smallest absolute Gasteiger partial charge is 0.337 e. The number of esters is 1. The van der Waals surface area contributed by atoms with Crippen molar-refractivity contribution in [2.75, 3.05) is 12.4 Å². The molecule has 1 amide bonds. The van der Waals surface area contributed by atoms with Crippen molar-refractivity contribution < 1.29 is 14.3 Å². The molecule has 0 spiro atoms. The molecule has 0 aliphatic rings. The predicted molar refractivity (Wildman–Crippen MR) is 91.9 cm³/mol. The number of carbonyl (C=O) groups is 2. The van der Waals surface area contributed by atoms with Crippen LogP contribution in [0.15, 0.2) is 48.8 Å². The van der Waals surface area contributed by atoms with Crippen LogP contribution >= 0.6 is 11.3 Å². The molecule has 7 heteroatoms. The van der Waals surface area contributed by atoms with Gasteiger partial charge in [0.1, 0.15) is 4.88 Å². The number of hydrogen-bond acceptors (Lipinski definition) is 5. The summed E-state index contributed by atoms with van der Waals surface area (Å²) >= 11 is 1.32. The first-order valence-corrected chi connectivity index (χ1v) is 8.00. The summed E-state index contributed by atoms with van der Waals surface area (Å²) < 4.78 is 6.51. The van der Waals surface area contributed by atoms with E-state index in [-0.39, 0.29) is 5.91 Å². The van der Waals surface area contributed by atoms with Crippen LogP contribution < -0.4 is 5.32 Å². The number of aromatic nitrogens is 2. The number of carbonyl (C=O) groups excluding carboxylic acids is 2. The summed E-state index contributed by atoms with van der Waals surface area (Å²) in [4.78, 5) is 28.8. The molecule has 6 nitrogen and oxygen atoms in total. The van der Waals surface area contributed by atoms with Crippen LogP contribution in [-0.2, 0) is 4.74 Å². The van der Waals surface area contributed by atoms with Crippen LogP contribution in [0.25, 0.3) is 5.13 Å². The van der Waals surface area contributed by atoms with Crippen LogP contribution in [0.2, 0.25) is 0 Å². The van der Waals surface area contributed by atoms with E-state index in [0.29, 0.717) is 21.8 Å². The largest absolute Gasteiger partial charge is 0.465 e. The average molecular weight is 341 g/mol. The van der Waals surface area contributed by atoms with Crippen molar-refractivity contribution in [2.45, 2.75) is 6.92 Å². The van der Waals surface area contributed by atoms with E-state index in [0.717, 1.165) is 5.13 Å². The van der Waals surface area contributed by atoms with E-state index in [1.807, 2.05) is 29.1 Å². The number of thiazole rings is 1.